The van der Waals surface area contributed by atoms with Crippen LogP contribution in [0.3, 0.4) is 0 Å². The van der Waals surface area contributed by atoms with Crippen LogP contribution in [0.2, 0.25) is 0 Å². The number of benzene rings is 1. The summed E-state index contributed by atoms with van der Waals surface area (Å²) in [5.74, 6) is 0. The first-order valence-corrected chi connectivity index (χ1v) is 3.22. The third-order valence-electron chi connectivity index (χ3n) is 1.56. The van der Waals surface area contributed by atoms with Gasteiger partial charge in [-0.2, -0.15) is 0 Å². The standard InChI is InChI=1S/C7H6N3O/c11-10-6-3-1-2-5-7(6)9-4-8-5/h1-4,10H,(H,8,9)/q-1. The zero-order chi connectivity index (χ0) is 7.68. The van der Waals surface area contributed by atoms with E-state index in [-0.39, 0.29) is 0 Å². The van der Waals surface area contributed by atoms with Crippen LogP contribution in [0.15, 0.2) is 24.5 Å². The molecule has 0 atom stereocenters. The molecule has 0 radical (unpaired) electrons. The fraction of sp³-hybridized carbons (Fsp3) is 0. The lowest BCUT2D eigenvalue weighted by molar-refractivity contribution is 1.34. The molecule has 11 heavy (non-hydrogen) atoms. The Balaban J connectivity index is 2.79. The van der Waals surface area contributed by atoms with E-state index < -0.39 is 0 Å². The van der Waals surface area contributed by atoms with Crippen molar-refractivity contribution < 1.29 is 0 Å². The molecule has 4 heteroatoms. The molecule has 2 rings (SSSR count). The number of H-pyrrole nitrogens is 1. The minimum atomic E-state index is 0.503. The first kappa shape index (κ1) is 6.18. The van der Waals surface area contributed by atoms with Gasteiger partial charge in [0.1, 0.15) is 5.52 Å². The highest BCUT2D eigenvalue weighted by atomic mass is 16.5. The lowest BCUT2D eigenvalue weighted by Crippen LogP contribution is -1.85. The third kappa shape index (κ3) is 0.841. The second-order valence-electron chi connectivity index (χ2n) is 2.21. The maximum absolute atomic E-state index is 10.3. The van der Waals surface area contributed by atoms with Gasteiger partial charge in [-0.3, -0.25) is 0 Å². The summed E-state index contributed by atoms with van der Waals surface area (Å²) in [6, 6.07) is 5.35. The van der Waals surface area contributed by atoms with Gasteiger partial charge in [0.05, 0.1) is 17.5 Å². The Bertz CT molecular complexity index is 368. The summed E-state index contributed by atoms with van der Waals surface area (Å²) in [5, 5.41) is 10.3. The Morgan fingerprint density at radius 2 is 2.36 bits per heavy atom. The number of para-hydroxylation sites is 1. The van der Waals surface area contributed by atoms with Crippen LogP contribution in [0.25, 0.3) is 11.0 Å². The third-order valence-corrected chi connectivity index (χ3v) is 1.56. The maximum Gasteiger partial charge on any atom is 0.111 e. The highest BCUT2D eigenvalue weighted by Crippen LogP contribution is 2.18. The Kier molecular flexibility index (Phi) is 1.26. The molecule has 1 heterocycles. The molecule has 0 saturated carbocycles. The number of nitrogens with one attached hydrogen (secondary N) is 2. The summed E-state index contributed by atoms with van der Waals surface area (Å²) in [7, 11) is 0. The van der Waals surface area contributed by atoms with Gasteiger partial charge in [0, 0.05) is 0 Å². The largest absolute Gasteiger partial charge is 0.761 e. The molecular weight excluding hydrogens is 142 g/mol. The number of anilines is 1. The number of aromatic amines is 1. The normalized spacial score (nSPS) is 10.3. The van der Waals surface area contributed by atoms with Crippen molar-refractivity contribution in [2.24, 2.45) is 0 Å². The van der Waals surface area contributed by atoms with Crippen molar-refractivity contribution in [3.8, 4) is 0 Å². The molecule has 2 N–H and O–H groups in total. The van der Waals surface area contributed by atoms with Crippen molar-refractivity contribution in [3.05, 3.63) is 29.7 Å². The number of hydrogen-bond acceptors (Lipinski definition) is 3. The monoisotopic (exact) mass is 148 g/mol. The van der Waals surface area contributed by atoms with E-state index in [1.54, 1.807) is 18.5 Å². The van der Waals surface area contributed by atoms with E-state index in [2.05, 4.69) is 9.97 Å². The van der Waals surface area contributed by atoms with E-state index in [4.69, 9.17) is 0 Å². The molecule has 0 saturated heterocycles. The molecule has 0 aliphatic carbocycles. The van der Waals surface area contributed by atoms with Gasteiger partial charge in [-0.05, 0) is 12.1 Å². The number of hydrogen-bond donors (Lipinski definition) is 2. The molecular formula is C7H6N3O-. The molecule has 56 valence electrons. The Morgan fingerprint density at radius 3 is 3.18 bits per heavy atom. The van der Waals surface area contributed by atoms with E-state index >= 15 is 0 Å². The van der Waals surface area contributed by atoms with Gasteiger partial charge in [-0.15, -0.1) is 0 Å². The molecule has 4 nitrogen and oxygen atoms in total. The SMILES string of the molecule is [O-]Nc1cccc2[nH]cnc12. The molecule has 0 fully saturated rings. The predicted octanol–water partition coefficient (Wildman–Crippen LogP) is 1.47. The van der Waals surface area contributed by atoms with Crippen LogP contribution >= 0.6 is 0 Å². The smallest absolute Gasteiger partial charge is 0.111 e. The van der Waals surface area contributed by atoms with Gasteiger partial charge in [0.15, 0.2) is 0 Å². The topological polar surface area (TPSA) is 63.8 Å². The highest BCUT2D eigenvalue weighted by Gasteiger charge is 1.97. The van der Waals surface area contributed by atoms with Gasteiger partial charge >= 0.3 is 0 Å². The molecule has 0 amide bonds. The lowest BCUT2D eigenvalue weighted by Gasteiger charge is -2.08. The second-order valence-corrected chi connectivity index (χ2v) is 2.21. The highest BCUT2D eigenvalue weighted by molar-refractivity contribution is 5.87. The first-order valence-electron chi connectivity index (χ1n) is 3.22. The van der Waals surface area contributed by atoms with Crippen LogP contribution in [-0.2, 0) is 0 Å². The van der Waals surface area contributed by atoms with Crippen LogP contribution in [0.4, 0.5) is 5.69 Å². The number of aromatic nitrogens is 2. The summed E-state index contributed by atoms with van der Waals surface area (Å²) in [4.78, 5) is 6.88. The number of imidazole rings is 1. The van der Waals surface area contributed by atoms with Crippen molar-refractivity contribution in [3.63, 3.8) is 0 Å². The van der Waals surface area contributed by atoms with Crippen LogP contribution in [0.5, 0.6) is 0 Å². The summed E-state index contributed by atoms with van der Waals surface area (Å²) in [6.45, 7) is 0. The van der Waals surface area contributed by atoms with E-state index in [9.17, 15) is 5.21 Å². The maximum atomic E-state index is 10.3. The van der Waals surface area contributed by atoms with Crippen molar-refractivity contribution in [1.29, 1.82) is 0 Å². The minimum Gasteiger partial charge on any atom is -0.761 e. The zero-order valence-electron chi connectivity index (χ0n) is 5.66. The molecule has 2 aromatic rings. The van der Waals surface area contributed by atoms with Crippen LogP contribution in [-0.4, -0.2) is 9.97 Å². The number of nitrogens with zero attached hydrogens (tertiary/aromatic N) is 1. The van der Waals surface area contributed by atoms with Crippen LogP contribution in [0.1, 0.15) is 0 Å². The van der Waals surface area contributed by atoms with Gasteiger partial charge in [0.25, 0.3) is 0 Å². The summed E-state index contributed by atoms with van der Waals surface area (Å²) in [5.41, 5.74) is 3.88. The van der Waals surface area contributed by atoms with E-state index in [1.807, 2.05) is 11.5 Å². The van der Waals surface area contributed by atoms with Crippen molar-refractivity contribution >= 4 is 16.7 Å². The molecule has 1 aromatic heterocycles. The van der Waals surface area contributed by atoms with Crippen molar-refractivity contribution in [2.45, 2.75) is 0 Å². The molecule has 0 aliphatic heterocycles. The first-order chi connectivity index (χ1) is 5.42. The summed E-state index contributed by atoms with van der Waals surface area (Å²) in [6.07, 6.45) is 1.56. The Labute approximate surface area is 62.8 Å². The van der Waals surface area contributed by atoms with E-state index in [1.165, 1.54) is 0 Å². The molecule has 1 aromatic carbocycles. The second kappa shape index (κ2) is 2.25. The summed E-state index contributed by atoms with van der Waals surface area (Å²) < 4.78 is 0. The predicted molar refractivity (Wildman–Crippen MR) is 43.1 cm³/mol. The van der Waals surface area contributed by atoms with Crippen molar-refractivity contribution in [1.82, 2.24) is 9.97 Å². The fourth-order valence-electron chi connectivity index (χ4n) is 1.05. The average Bonchev–Trinajstić information content (AvgIpc) is 2.50. The summed E-state index contributed by atoms with van der Waals surface area (Å²) >= 11 is 0. The van der Waals surface area contributed by atoms with Crippen LogP contribution in [0, 0.1) is 5.21 Å². The molecule has 0 aliphatic rings. The quantitative estimate of drug-likeness (QED) is 0.602. The minimum absolute atomic E-state index is 0.503. The van der Waals surface area contributed by atoms with E-state index in [0.29, 0.717) is 11.2 Å². The fourth-order valence-corrected chi connectivity index (χ4v) is 1.05. The average molecular weight is 148 g/mol. The van der Waals surface area contributed by atoms with E-state index in [0.717, 1.165) is 5.52 Å². The Morgan fingerprint density at radius 1 is 1.45 bits per heavy atom. The van der Waals surface area contributed by atoms with Crippen LogP contribution < -0.4 is 5.48 Å². The number of fused-ring (bicyclic) bond motifs is 1. The zero-order valence-corrected chi connectivity index (χ0v) is 5.66. The lowest BCUT2D eigenvalue weighted by atomic mass is 10.3. The molecule has 0 unspecified atom stereocenters. The number of rotatable bonds is 1. The van der Waals surface area contributed by atoms with Gasteiger partial charge in [0.2, 0.25) is 0 Å². The molecule has 0 spiro atoms. The van der Waals surface area contributed by atoms with Gasteiger partial charge in [-0.1, -0.05) is 6.07 Å². The molecule has 0 bridgehead atoms. The van der Waals surface area contributed by atoms with Crippen molar-refractivity contribution in [2.75, 3.05) is 5.48 Å². The van der Waals surface area contributed by atoms with Gasteiger partial charge in [-0.25, -0.2) is 4.98 Å². The Hall–Kier alpha value is -1.55. The van der Waals surface area contributed by atoms with Gasteiger partial charge < -0.3 is 15.7 Å².